The van der Waals surface area contributed by atoms with Crippen molar-refractivity contribution in [2.45, 2.75) is 45.1 Å². The van der Waals surface area contributed by atoms with Gasteiger partial charge in [-0.05, 0) is 25.8 Å². The van der Waals surface area contributed by atoms with Gasteiger partial charge in [0.2, 0.25) is 0 Å². The normalized spacial score (nSPS) is 21.5. The Balaban J connectivity index is 1.94. The third-order valence-corrected chi connectivity index (χ3v) is 2.87. The van der Waals surface area contributed by atoms with Crippen LogP contribution in [0.25, 0.3) is 0 Å². The molecule has 12 heavy (non-hydrogen) atoms. The Kier molecular flexibility index (Phi) is 4.62. The van der Waals surface area contributed by atoms with Gasteiger partial charge in [-0.25, -0.2) is 0 Å². The molecule has 1 atom stereocenters. The lowest BCUT2D eigenvalue weighted by Gasteiger charge is -2.13. The van der Waals surface area contributed by atoms with Gasteiger partial charge in [-0.3, -0.25) is 0 Å². The number of rotatable bonds is 5. The molecular formula is C10H22N2. The second kappa shape index (κ2) is 5.55. The van der Waals surface area contributed by atoms with Crippen molar-refractivity contribution < 1.29 is 0 Å². The summed E-state index contributed by atoms with van der Waals surface area (Å²) >= 11 is 0. The summed E-state index contributed by atoms with van der Waals surface area (Å²) in [5.41, 5.74) is 5.50. The van der Waals surface area contributed by atoms with Gasteiger partial charge in [-0.2, -0.15) is 0 Å². The van der Waals surface area contributed by atoms with Crippen molar-refractivity contribution in [1.82, 2.24) is 5.32 Å². The molecule has 2 heteroatoms. The van der Waals surface area contributed by atoms with E-state index in [0.29, 0.717) is 6.04 Å². The monoisotopic (exact) mass is 170 g/mol. The molecule has 1 aliphatic carbocycles. The Morgan fingerprint density at radius 1 is 1.42 bits per heavy atom. The smallest absolute Gasteiger partial charge is 0.0161 e. The van der Waals surface area contributed by atoms with Crippen molar-refractivity contribution in [2.75, 3.05) is 13.1 Å². The average Bonchev–Trinajstić information content (AvgIpc) is 2.57. The maximum Gasteiger partial charge on any atom is 0.0161 e. The summed E-state index contributed by atoms with van der Waals surface area (Å²) in [6, 6.07) is 0.492. The van der Waals surface area contributed by atoms with E-state index in [4.69, 9.17) is 5.73 Å². The molecule has 0 aromatic rings. The summed E-state index contributed by atoms with van der Waals surface area (Å²) in [7, 11) is 0. The topological polar surface area (TPSA) is 38.0 Å². The molecule has 0 heterocycles. The minimum Gasteiger partial charge on any atom is -0.329 e. The van der Waals surface area contributed by atoms with Crippen molar-refractivity contribution >= 4 is 0 Å². The summed E-state index contributed by atoms with van der Waals surface area (Å²) in [5.74, 6) is 1.00. The highest BCUT2D eigenvalue weighted by Gasteiger charge is 2.14. The molecule has 0 unspecified atom stereocenters. The molecule has 1 saturated carbocycles. The fourth-order valence-corrected chi connectivity index (χ4v) is 1.92. The van der Waals surface area contributed by atoms with Gasteiger partial charge in [-0.1, -0.05) is 25.7 Å². The molecule has 1 fully saturated rings. The van der Waals surface area contributed by atoms with Crippen molar-refractivity contribution in [1.29, 1.82) is 0 Å². The lowest BCUT2D eigenvalue weighted by molar-refractivity contribution is 0.452. The molecule has 2 nitrogen and oxygen atoms in total. The first-order chi connectivity index (χ1) is 5.83. The standard InChI is InChI=1S/C10H22N2/c1-9(8-11)12-7-6-10-4-2-3-5-10/h9-10,12H,2-8,11H2,1H3/t9-/m0/s1. The van der Waals surface area contributed by atoms with Crippen LogP contribution in [-0.2, 0) is 0 Å². The molecule has 0 bridgehead atoms. The average molecular weight is 170 g/mol. The van der Waals surface area contributed by atoms with Crippen molar-refractivity contribution in [3.05, 3.63) is 0 Å². The quantitative estimate of drug-likeness (QED) is 0.656. The lowest BCUT2D eigenvalue weighted by atomic mass is 10.0. The molecule has 0 aliphatic heterocycles. The minimum absolute atomic E-state index is 0.492. The van der Waals surface area contributed by atoms with Gasteiger partial charge in [0, 0.05) is 12.6 Å². The van der Waals surface area contributed by atoms with Gasteiger partial charge in [-0.15, -0.1) is 0 Å². The second-order valence-corrected chi connectivity index (χ2v) is 4.03. The molecule has 72 valence electrons. The molecule has 1 rings (SSSR count). The van der Waals surface area contributed by atoms with Crippen molar-refractivity contribution in [3.8, 4) is 0 Å². The van der Waals surface area contributed by atoms with E-state index in [0.717, 1.165) is 19.0 Å². The molecule has 1 aliphatic rings. The van der Waals surface area contributed by atoms with E-state index in [1.165, 1.54) is 32.1 Å². The molecule has 0 aromatic carbocycles. The summed E-state index contributed by atoms with van der Waals surface area (Å²) in [5, 5.41) is 3.43. The first-order valence-corrected chi connectivity index (χ1v) is 5.26. The summed E-state index contributed by atoms with van der Waals surface area (Å²) < 4.78 is 0. The highest BCUT2D eigenvalue weighted by molar-refractivity contribution is 4.69. The molecule has 0 radical (unpaired) electrons. The maximum atomic E-state index is 5.50. The van der Waals surface area contributed by atoms with Crippen molar-refractivity contribution in [3.63, 3.8) is 0 Å². The highest BCUT2D eigenvalue weighted by atomic mass is 14.9. The van der Waals surface area contributed by atoms with Crippen LogP contribution in [0.5, 0.6) is 0 Å². The zero-order valence-corrected chi connectivity index (χ0v) is 8.18. The van der Waals surface area contributed by atoms with Crippen LogP contribution in [0.15, 0.2) is 0 Å². The molecule has 0 spiro atoms. The zero-order chi connectivity index (χ0) is 8.81. The number of hydrogen-bond donors (Lipinski definition) is 2. The maximum absolute atomic E-state index is 5.50. The van der Waals surface area contributed by atoms with Crippen molar-refractivity contribution in [2.24, 2.45) is 11.7 Å². The fraction of sp³-hybridized carbons (Fsp3) is 1.00. The zero-order valence-electron chi connectivity index (χ0n) is 8.18. The van der Waals surface area contributed by atoms with Gasteiger partial charge in [0.05, 0.1) is 0 Å². The van der Waals surface area contributed by atoms with E-state index in [1.54, 1.807) is 0 Å². The van der Waals surface area contributed by atoms with Gasteiger partial charge in [0.15, 0.2) is 0 Å². The first kappa shape index (κ1) is 10.0. The number of hydrogen-bond acceptors (Lipinski definition) is 2. The second-order valence-electron chi connectivity index (χ2n) is 4.03. The van der Waals surface area contributed by atoms with Crippen LogP contribution in [0, 0.1) is 5.92 Å². The van der Waals surface area contributed by atoms with Gasteiger partial charge in [0.25, 0.3) is 0 Å². The number of nitrogens with two attached hydrogens (primary N) is 1. The fourth-order valence-electron chi connectivity index (χ4n) is 1.92. The van der Waals surface area contributed by atoms with E-state index in [2.05, 4.69) is 12.2 Å². The Labute approximate surface area is 75.9 Å². The summed E-state index contributed by atoms with van der Waals surface area (Å²) in [6.45, 7) is 4.06. The highest BCUT2D eigenvalue weighted by Crippen LogP contribution is 2.26. The molecular weight excluding hydrogens is 148 g/mol. The van der Waals surface area contributed by atoms with Crippen LogP contribution >= 0.6 is 0 Å². The minimum atomic E-state index is 0.492. The Morgan fingerprint density at radius 3 is 2.67 bits per heavy atom. The van der Waals surface area contributed by atoms with Crippen LogP contribution in [0.1, 0.15) is 39.0 Å². The van der Waals surface area contributed by atoms with Crippen LogP contribution in [-0.4, -0.2) is 19.1 Å². The molecule has 0 saturated heterocycles. The Bertz CT molecular complexity index is 108. The first-order valence-electron chi connectivity index (χ1n) is 5.26. The van der Waals surface area contributed by atoms with Gasteiger partial charge >= 0.3 is 0 Å². The molecule has 0 aromatic heterocycles. The molecule has 0 amide bonds. The van der Waals surface area contributed by atoms with Crippen LogP contribution < -0.4 is 11.1 Å². The van der Waals surface area contributed by atoms with E-state index in [-0.39, 0.29) is 0 Å². The van der Waals surface area contributed by atoms with Crippen LogP contribution in [0.3, 0.4) is 0 Å². The third-order valence-electron chi connectivity index (χ3n) is 2.87. The van der Waals surface area contributed by atoms with Crippen LogP contribution in [0.4, 0.5) is 0 Å². The Hall–Kier alpha value is -0.0800. The summed E-state index contributed by atoms with van der Waals surface area (Å²) in [4.78, 5) is 0. The lowest BCUT2D eigenvalue weighted by Crippen LogP contribution is -2.34. The SMILES string of the molecule is C[C@@H](CN)NCCC1CCCC1. The summed E-state index contributed by atoms with van der Waals surface area (Å²) in [6.07, 6.45) is 7.18. The van der Waals surface area contributed by atoms with Gasteiger partial charge < -0.3 is 11.1 Å². The third kappa shape index (κ3) is 3.55. The predicted molar refractivity (Wildman–Crippen MR) is 53.1 cm³/mol. The molecule has 3 N–H and O–H groups in total. The number of nitrogens with one attached hydrogen (secondary N) is 1. The Morgan fingerprint density at radius 2 is 2.08 bits per heavy atom. The van der Waals surface area contributed by atoms with Crippen LogP contribution in [0.2, 0.25) is 0 Å². The largest absolute Gasteiger partial charge is 0.329 e. The van der Waals surface area contributed by atoms with E-state index < -0.39 is 0 Å². The predicted octanol–water partition coefficient (Wildman–Crippen LogP) is 1.50. The van der Waals surface area contributed by atoms with Gasteiger partial charge in [0.1, 0.15) is 0 Å². The van der Waals surface area contributed by atoms with E-state index in [1.807, 2.05) is 0 Å². The van der Waals surface area contributed by atoms with E-state index in [9.17, 15) is 0 Å². The van der Waals surface area contributed by atoms with E-state index >= 15 is 0 Å².